The lowest BCUT2D eigenvalue weighted by Crippen LogP contribution is -2.32. The summed E-state index contributed by atoms with van der Waals surface area (Å²) in [4.78, 5) is 13.1. The monoisotopic (exact) mass is 367 g/mol. The van der Waals surface area contributed by atoms with E-state index in [4.69, 9.17) is 5.26 Å². The number of amides is 1. The van der Waals surface area contributed by atoms with Crippen LogP contribution in [0.25, 0.3) is 0 Å². The highest BCUT2D eigenvalue weighted by atomic mass is 32.2. The van der Waals surface area contributed by atoms with Crippen molar-refractivity contribution < 1.29 is 9.35 Å². The summed E-state index contributed by atoms with van der Waals surface area (Å²) in [6, 6.07) is 14.4. The van der Waals surface area contributed by atoms with Gasteiger partial charge in [-0.25, -0.2) is 0 Å². The van der Waals surface area contributed by atoms with Gasteiger partial charge < -0.3 is 9.87 Å². The van der Waals surface area contributed by atoms with E-state index in [1.165, 1.54) is 12.8 Å². The Morgan fingerprint density at radius 1 is 1.23 bits per heavy atom. The molecule has 6 heteroatoms. The number of nitrogens with zero attached hydrogens (tertiary/aromatic N) is 1. The average molecular weight is 367 g/mol. The number of benzene rings is 2. The van der Waals surface area contributed by atoms with Crippen molar-refractivity contribution in [2.24, 2.45) is 0 Å². The molecule has 0 heterocycles. The number of rotatable bonds is 5. The molecule has 1 saturated carbocycles. The first-order chi connectivity index (χ1) is 12.6. The Morgan fingerprint density at radius 2 is 2.00 bits per heavy atom. The number of aryl methyl sites for hydroxylation is 1. The van der Waals surface area contributed by atoms with Gasteiger partial charge in [0, 0.05) is 17.3 Å². The minimum absolute atomic E-state index is 0.270. The van der Waals surface area contributed by atoms with E-state index >= 15 is 0 Å². The van der Waals surface area contributed by atoms with Crippen LogP contribution in [-0.2, 0) is 11.4 Å². The normalized spacial score (nSPS) is 15.4. The van der Waals surface area contributed by atoms with E-state index in [0.29, 0.717) is 21.7 Å². The van der Waals surface area contributed by atoms with Crippen LogP contribution >= 0.6 is 0 Å². The maximum Gasteiger partial charge on any atom is 0.255 e. The highest BCUT2D eigenvalue weighted by Gasteiger charge is 2.22. The van der Waals surface area contributed by atoms with Crippen LogP contribution in [0.2, 0.25) is 0 Å². The van der Waals surface area contributed by atoms with E-state index < -0.39 is 11.4 Å². The smallest absolute Gasteiger partial charge is 0.255 e. The van der Waals surface area contributed by atoms with Crippen molar-refractivity contribution >= 4 is 23.0 Å². The first kappa shape index (κ1) is 18.5. The predicted octanol–water partition coefficient (Wildman–Crippen LogP) is 3.67. The Balaban J connectivity index is 1.69. The van der Waals surface area contributed by atoms with E-state index in [2.05, 4.69) is 16.1 Å². The van der Waals surface area contributed by atoms with Gasteiger partial charge in [0.05, 0.1) is 29.0 Å². The molecule has 26 heavy (non-hydrogen) atoms. The molecule has 0 radical (unpaired) electrons. The Hall–Kier alpha value is -2.33. The van der Waals surface area contributed by atoms with E-state index in [1.807, 2.05) is 6.92 Å². The fourth-order valence-corrected chi connectivity index (χ4v) is 4.20. The lowest BCUT2D eigenvalue weighted by atomic mass is 10.1. The molecule has 0 aromatic heterocycles. The number of nitrogens with one attached hydrogen (secondary N) is 2. The van der Waals surface area contributed by atoms with Gasteiger partial charge in [-0.3, -0.25) is 4.79 Å². The zero-order valence-electron chi connectivity index (χ0n) is 14.6. The van der Waals surface area contributed by atoms with Gasteiger partial charge in [0.25, 0.3) is 5.91 Å². The summed E-state index contributed by atoms with van der Waals surface area (Å²) in [5.74, 6) is -0.270. The second-order valence-electron chi connectivity index (χ2n) is 6.49. The maximum absolute atomic E-state index is 12.5. The van der Waals surface area contributed by atoms with Gasteiger partial charge in [-0.2, -0.15) is 5.26 Å². The molecule has 1 aliphatic rings. The molecular weight excluding hydrogens is 346 g/mol. The summed E-state index contributed by atoms with van der Waals surface area (Å²) < 4.78 is 15.6. The Morgan fingerprint density at radius 3 is 2.69 bits per heavy atom. The molecule has 2 aromatic carbocycles. The van der Waals surface area contributed by atoms with E-state index in [-0.39, 0.29) is 11.9 Å². The number of hydrogen-bond acceptors (Lipinski definition) is 4. The van der Waals surface area contributed by atoms with Crippen molar-refractivity contribution in [3.8, 4) is 6.07 Å². The first-order valence-electron chi connectivity index (χ1n) is 8.67. The minimum atomic E-state index is -1.32. The van der Waals surface area contributed by atoms with Crippen LogP contribution in [0.5, 0.6) is 0 Å². The minimum Gasteiger partial charge on any atom is -0.593 e. The topological polar surface area (TPSA) is 88.0 Å². The van der Waals surface area contributed by atoms with Crippen molar-refractivity contribution in [3.63, 3.8) is 0 Å². The van der Waals surface area contributed by atoms with Gasteiger partial charge in [0.1, 0.15) is 0 Å². The van der Waals surface area contributed by atoms with Crippen molar-refractivity contribution in [1.29, 1.82) is 5.26 Å². The van der Waals surface area contributed by atoms with Gasteiger partial charge >= 0.3 is 0 Å². The van der Waals surface area contributed by atoms with Crippen LogP contribution in [0.15, 0.2) is 47.4 Å². The van der Waals surface area contributed by atoms with E-state index in [1.54, 1.807) is 42.5 Å². The first-order valence-corrected chi connectivity index (χ1v) is 9.82. The molecule has 134 valence electrons. The molecule has 1 aliphatic carbocycles. The second kappa shape index (κ2) is 8.37. The fourth-order valence-electron chi connectivity index (χ4n) is 3.09. The van der Waals surface area contributed by atoms with Gasteiger partial charge in [-0.05, 0) is 55.7 Å². The number of carbonyl (C=O) groups excluding carboxylic acids is 1. The second-order valence-corrected chi connectivity index (χ2v) is 7.74. The largest absolute Gasteiger partial charge is 0.593 e. The Labute approximate surface area is 156 Å². The molecule has 0 aliphatic heterocycles. The number of nitriles is 1. The van der Waals surface area contributed by atoms with Crippen molar-refractivity contribution in [2.45, 2.75) is 43.5 Å². The molecule has 1 unspecified atom stereocenters. The van der Waals surface area contributed by atoms with Crippen LogP contribution in [0.3, 0.4) is 0 Å². The molecule has 0 bridgehead atoms. The molecule has 1 amide bonds. The van der Waals surface area contributed by atoms with E-state index in [9.17, 15) is 9.35 Å². The van der Waals surface area contributed by atoms with Gasteiger partial charge in [0.15, 0.2) is 4.90 Å². The van der Waals surface area contributed by atoms with Crippen molar-refractivity contribution in [1.82, 2.24) is 4.72 Å². The lowest BCUT2D eigenvalue weighted by Gasteiger charge is -2.15. The van der Waals surface area contributed by atoms with Crippen LogP contribution < -0.4 is 10.0 Å². The quantitative estimate of drug-likeness (QED) is 0.789. The van der Waals surface area contributed by atoms with Crippen LogP contribution in [0.4, 0.5) is 5.69 Å². The lowest BCUT2D eigenvalue weighted by molar-refractivity contribution is 0.102. The molecule has 0 spiro atoms. The number of carbonyl (C=O) groups is 1. The summed E-state index contributed by atoms with van der Waals surface area (Å²) in [5, 5.41) is 11.8. The molecule has 2 N–H and O–H groups in total. The molecule has 1 fully saturated rings. The molecular formula is C20H21N3O2S. The SMILES string of the molecule is Cc1cc(NC(=O)c2cccc([S+]([O-])NC3CCCC3)c2)ccc1C#N. The Bertz CT molecular complexity index is 841. The van der Waals surface area contributed by atoms with E-state index in [0.717, 1.165) is 18.4 Å². The third-order valence-electron chi connectivity index (χ3n) is 4.54. The summed E-state index contributed by atoms with van der Waals surface area (Å²) in [5.41, 5.74) is 2.47. The summed E-state index contributed by atoms with van der Waals surface area (Å²) in [7, 11) is 0. The summed E-state index contributed by atoms with van der Waals surface area (Å²) in [6.45, 7) is 1.83. The number of anilines is 1. The fraction of sp³-hybridized carbons (Fsp3) is 0.300. The Kier molecular flexibility index (Phi) is 5.94. The number of hydrogen-bond donors (Lipinski definition) is 2. The zero-order valence-corrected chi connectivity index (χ0v) is 15.4. The predicted molar refractivity (Wildman–Crippen MR) is 102 cm³/mol. The zero-order chi connectivity index (χ0) is 18.5. The standard InChI is InChI=1S/C20H21N3O2S/c1-14-11-18(10-9-16(14)13-21)22-20(24)15-5-4-8-19(12-15)26(25)23-17-6-2-3-7-17/h4-5,8-12,17,23H,2-3,6-7H2,1H3,(H,22,24). The summed E-state index contributed by atoms with van der Waals surface area (Å²) >= 11 is -1.32. The third-order valence-corrected chi connectivity index (χ3v) is 5.77. The molecule has 0 saturated heterocycles. The van der Waals surface area contributed by atoms with Crippen molar-refractivity contribution in [2.75, 3.05) is 5.32 Å². The third kappa shape index (κ3) is 4.44. The van der Waals surface area contributed by atoms with Crippen LogP contribution in [0, 0.1) is 18.3 Å². The highest BCUT2D eigenvalue weighted by molar-refractivity contribution is 7.89. The highest BCUT2D eigenvalue weighted by Crippen LogP contribution is 2.21. The van der Waals surface area contributed by atoms with Crippen LogP contribution in [-0.4, -0.2) is 16.5 Å². The molecule has 3 rings (SSSR count). The van der Waals surface area contributed by atoms with Crippen LogP contribution in [0.1, 0.15) is 47.2 Å². The van der Waals surface area contributed by atoms with Gasteiger partial charge in [-0.15, -0.1) is 4.72 Å². The molecule has 1 atom stereocenters. The average Bonchev–Trinajstić information content (AvgIpc) is 3.15. The summed E-state index contributed by atoms with van der Waals surface area (Å²) in [6.07, 6.45) is 4.43. The maximum atomic E-state index is 12.5. The van der Waals surface area contributed by atoms with Gasteiger partial charge in [-0.1, -0.05) is 18.9 Å². The van der Waals surface area contributed by atoms with Gasteiger partial charge in [0.2, 0.25) is 0 Å². The molecule has 2 aromatic rings. The van der Waals surface area contributed by atoms with Crippen molar-refractivity contribution in [3.05, 3.63) is 59.2 Å². The molecule has 5 nitrogen and oxygen atoms in total.